The van der Waals surface area contributed by atoms with Crippen LogP contribution in [0.1, 0.15) is 26.3 Å². The fraction of sp³-hybridized carbons (Fsp3) is 0.0741. The van der Waals surface area contributed by atoms with Crippen molar-refractivity contribution in [1.29, 1.82) is 0 Å². The van der Waals surface area contributed by atoms with E-state index in [0.717, 1.165) is 75.9 Å². The summed E-state index contributed by atoms with van der Waals surface area (Å²) >= 11 is 4.19. The monoisotopic (exact) mass is 987 g/mol. The predicted octanol–water partition coefficient (Wildman–Crippen LogP) is 14.6. The van der Waals surface area contributed by atoms with E-state index in [4.69, 9.17) is 9.72 Å². The van der Waals surface area contributed by atoms with Gasteiger partial charge < -0.3 is 0 Å². The van der Waals surface area contributed by atoms with Crippen LogP contribution < -0.4 is 4.74 Å². The Morgan fingerprint density at radius 3 is 1.82 bits per heavy atom. The van der Waals surface area contributed by atoms with Crippen molar-refractivity contribution in [2.24, 2.45) is 0 Å². The number of imidazole rings is 1. The average Bonchev–Trinajstić information content (AvgIpc) is 3.98. The molecule has 0 aliphatic rings. The molecule has 0 aliphatic carbocycles. The van der Waals surface area contributed by atoms with E-state index in [1.807, 2.05) is 6.07 Å². The van der Waals surface area contributed by atoms with E-state index in [1.54, 1.807) is 11.3 Å². The molecule has 0 saturated heterocycles. The molecule has 0 amide bonds. The zero-order chi connectivity index (χ0) is 41.2. The molecule has 4 aromatic heterocycles. The topological polar surface area (TPSA) is 36.9 Å². The van der Waals surface area contributed by atoms with Crippen LogP contribution in [0.2, 0.25) is 0 Å². The first-order valence-corrected chi connectivity index (χ1v) is 22.5. The van der Waals surface area contributed by atoms with Gasteiger partial charge in [-0.25, -0.2) is 0 Å². The molecule has 0 bridgehead atoms. The van der Waals surface area contributed by atoms with Crippen LogP contribution in [0.25, 0.3) is 82.5 Å². The number of ether oxygens (including phenoxy) is 1. The minimum atomic E-state index is -0.0489. The molecule has 11 rings (SSSR count). The van der Waals surface area contributed by atoms with Crippen molar-refractivity contribution >= 4 is 54.4 Å². The zero-order valence-electron chi connectivity index (χ0n) is 33.8. The van der Waals surface area contributed by atoms with E-state index in [1.165, 1.54) is 27.5 Å². The van der Waals surface area contributed by atoms with Crippen LogP contribution in [-0.2, 0) is 24.8 Å². The third-order valence-corrected chi connectivity index (χ3v) is 13.4. The second kappa shape index (κ2) is 14.8. The molecule has 11 aromatic rings. The van der Waals surface area contributed by atoms with Crippen LogP contribution >= 0.6 is 11.3 Å². The van der Waals surface area contributed by atoms with Crippen LogP contribution in [-0.4, -0.2) is 18.7 Å². The van der Waals surface area contributed by atoms with E-state index in [9.17, 15) is 0 Å². The van der Waals surface area contributed by atoms with E-state index < -0.39 is 0 Å². The third kappa shape index (κ3) is 6.41. The first-order valence-electron chi connectivity index (χ1n) is 20.4. The Kier molecular flexibility index (Phi) is 9.10. The smallest absolute Gasteiger partial charge is 0.124 e. The summed E-state index contributed by atoms with van der Waals surface area (Å²) in [5.41, 5.74) is 12.4. The molecule has 0 unspecified atom stereocenters. The maximum absolute atomic E-state index is 6.81. The van der Waals surface area contributed by atoms with Crippen LogP contribution in [0.3, 0.4) is 0 Å². The Hall–Kier alpha value is -6.59. The van der Waals surface area contributed by atoms with Crippen molar-refractivity contribution in [2.45, 2.75) is 26.2 Å². The van der Waals surface area contributed by atoms with Crippen molar-refractivity contribution in [1.82, 2.24) is 18.7 Å². The van der Waals surface area contributed by atoms with Gasteiger partial charge >= 0.3 is 294 Å². The summed E-state index contributed by atoms with van der Waals surface area (Å²) in [5, 5.41) is 5.71. The predicted molar refractivity (Wildman–Crippen MR) is 249 cm³/mol. The molecule has 298 valence electrons. The molecule has 0 aliphatic heterocycles. The van der Waals surface area contributed by atoms with Gasteiger partial charge in [-0.3, -0.25) is 0 Å². The average molecular weight is 988 g/mol. The van der Waals surface area contributed by atoms with Gasteiger partial charge in [-0.15, -0.1) is 11.3 Å². The number of rotatable bonds is 7. The van der Waals surface area contributed by atoms with Gasteiger partial charge in [-0.2, -0.15) is 0 Å². The minimum Gasteiger partial charge on any atom is -0.124 e. The summed E-state index contributed by atoms with van der Waals surface area (Å²) in [6, 6.07) is 64.6. The molecule has 7 heteroatoms. The van der Waals surface area contributed by atoms with E-state index in [0.29, 0.717) is 0 Å². The first kappa shape index (κ1) is 37.4. The molecule has 5 nitrogen and oxygen atoms in total. The van der Waals surface area contributed by atoms with Crippen LogP contribution in [0, 0.1) is 3.80 Å². The zero-order valence-corrected chi connectivity index (χ0v) is 36.9. The number of para-hydroxylation sites is 4. The fourth-order valence-corrected chi connectivity index (χ4v) is 10.7. The normalized spacial score (nSPS) is 12.0. The van der Waals surface area contributed by atoms with Crippen LogP contribution in [0.5, 0.6) is 11.5 Å². The Morgan fingerprint density at radius 2 is 1.11 bits per heavy atom. The fourth-order valence-electron chi connectivity index (χ4n) is 8.81. The van der Waals surface area contributed by atoms with Gasteiger partial charge in [0.1, 0.15) is 4.83 Å². The van der Waals surface area contributed by atoms with E-state index in [2.05, 4.69) is 235 Å². The molecular formula is C54H40N4OPtS. The van der Waals surface area contributed by atoms with Gasteiger partial charge in [0, 0.05) is 5.39 Å². The SMILES string of the molecule is CC(C)(C)c1cc(-n2c3ccccc3c3ccc(Oc4cccc(-n5[c](=[Pt])n(-c6c(-c7ccccc7)cccc6-c6ccccc6)c6ccccc65)c4)cc32)nc2sccc12. The van der Waals surface area contributed by atoms with Crippen molar-refractivity contribution in [3.05, 3.63) is 197 Å². The van der Waals surface area contributed by atoms with E-state index in [-0.39, 0.29) is 5.41 Å². The van der Waals surface area contributed by atoms with Crippen molar-refractivity contribution in [3.8, 4) is 50.9 Å². The van der Waals surface area contributed by atoms with E-state index >= 15 is 0 Å². The third-order valence-electron chi connectivity index (χ3n) is 11.6. The first-order chi connectivity index (χ1) is 29.8. The summed E-state index contributed by atoms with van der Waals surface area (Å²) in [6.07, 6.45) is 0. The molecule has 0 fully saturated rings. The molecule has 61 heavy (non-hydrogen) atoms. The number of thiophene rings is 1. The Morgan fingerprint density at radius 1 is 0.508 bits per heavy atom. The van der Waals surface area contributed by atoms with Crippen molar-refractivity contribution in [3.63, 3.8) is 0 Å². The number of fused-ring (bicyclic) bond motifs is 5. The number of pyridine rings is 1. The van der Waals surface area contributed by atoms with Crippen LogP contribution in [0.15, 0.2) is 187 Å². The van der Waals surface area contributed by atoms with Gasteiger partial charge in [-0.1, -0.05) is 32.9 Å². The molecular weight excluding hydrogens is 948 g/mol. The second-order valence-corrected chi connectivity index (χ2v) is 18.3. The summed E-state index contributed by atoms with van der Waals surface area (Å²) < 4.78 is 14.9. The van der Waals surface area contributed by atoms with Gasteiger partial charge in [0.25, 0.3) is 0 Å². The number of hydrogen-bond acceptors (Lipinski definition) is 3. The standard InChI is InChI=1S/C54H40N4OS.Pt/c1-54(2,3)46-34-51(55-53-45(46)30-31-60-53)58-47-25-11-10-22-43(47)44-29-28-40(33-50(44)58)59-39-21-14-20-38(32-39)56-35-57(49-27-13-12-26-48(49)56)52-41(36-16-6-4-7-17-36)23-15-24-42(52)37-18-8-5-9-19-37;/h4-34H,1-3H3;. The number of nitrogens with zero attached hydrogens (tertiary/aromatic N) is 4. The summed E-state index contributed by atoms with van der Waals surface area (Å²) in [4.78, 5) is 6.30. The Labute approximate surface area is 368 Å². The molecule has 7 aromatic carbocycles. The second-order valence-electron chi connectivity index (χ2n) is 16.4. The molecule has 4 heterocycles. The Balaban J connectivity index is 1.05. The minimum absolute atomic E-state index is 0.0489. The van der Waals surface area contributed by atoms with Gasteiger partial charge in [0.15, 0.2) is 0 Å². The molecule has 0 spiro atoms. The molecule has 0 saturated carbocycles. The Bertz CT molecular complexity index is 3460. The summed E-state index contributed by atoms with van der Waals surface area (Å²) in [6.45, 7) is 6.83. The number of aromatic nitrogens is 4. The van der Waals surface area contributed by atoms with Crippen molar-refractivity contribution < 1.29 is 24.1 Å². The number of hydrogen-bond donors (Lipinski definition) is 0. The summed E-state index contributed by atoms with van der Waals surface area (Å²) in [7, 11) is 0. The quantitative estimate of drug-likeness (QED) is 0.160. The molecule has 0 radical (unpaired) electrons. The molecule has 0 atom stereocenters. The van der Waals surface area contributed by atoms with Crippen molar-refractivity contribution in [2.75, 3.05) is 0 Å². The van der Waals surface area contributed by atoms with Gasteiger partial charge in [-0.05, 0) is 22.4 Å². The van der Waals surface area contributed by atoms with Gasteiger partial charge in [0.2, 0.25) is 0 Å². The maximum atomic E-state index is 6.81. The van der Waals surface area contributed by atoms with Crippen LogP contribution in [0.4, 0.5) is 0 Å². The number of benzene rings is 7. The molecule has 0 N–H and O–H groups in total. The van der Waals surface area contributed by atoms with Gasteiger partial charge in [0.05, 0.1) is 0 Å². The summed E-state index contributed by atoms with van der Waals surface area (Å²) in [5.74, 6) is 2.42.